The Kier molecular flexibility index (Phi) is 2.23. The lowest BCUT2D eigenvalue weighted by Crippen LogP contribution is -2.42. The number of hydroxylamine groups is 2. The third kappa shape index (κ3) is 1.23. The van der Waals surface area contributed by atoms with Crippen LogP contribution in [0.2, 0.25) is 0 Å². The topological polar surface area (TPSA) is 68.2 Å². The van der Waals surface area contributed by atoms with Gasteiger partial charge in [-0.3, -0.25) is 9.68 Å². The minimum absolute atomic E-state index is 0.199. The number of rotatable bonds is 1. The van der Waals surface area contributed by atoms with Crippen molar-refractivity contribution in [1.29, 1.82) is 0 Å². The van der Waals surface area contributed by atoms with Gasteiger partial charge in [-0.1, -0.05) is 5.23 Å². The van der Waals surface area contributed by atoms with E-state index in [1.165, 1.54) is 12.3 Å². The van der Waals surface area contributed by atoms with Crippen LogP contribution in [0.4, 0.5) is 0 Å². The number of nitrogens with zero attached hydrogens (tertiary/aromatic N) is 1. The molecule has 2 saturated heterocycles. The molecule has 0 bridgehead atoms. The van der Waals surface area contributed by atoms with Crippen LogP contribution in [-0.4, -0.2) is 47.8 Å². The van der Waals surface area contributed by atoms with E-state index >= 15 is 0 Å². The van der Waals surface area contributed by atoms with Gasteiger partial charge in [0, 0.05) is 6.42 Å². The second kappa shape index (κ2) is 3.16. The molecule has 2 fully saturated rings. The van der Waals surface area contributed by atoms with Gasteiger partial charge in [0.05, 0.1) is 13.7 Å². The first kappa shape index (κ1) is 9.85. The molecule has 3 atom stereocenters. The summed E-state index contributed by atoms with van der Waals surface area (Å²) in [4.78, 5) is 21.4. The minimum Gasteiger partial charge on any atom is -0.467 e. The molecule has 2 rings (SSSR count). The molecule has 2 aliphatic rings. The van der Waals surface area contributed by atoms with Crippen molar-refractivity contribution < 1.29 is 24.3 Å². The summed E-state index contributed by atoms with van der Waals surface area (Å²) in [6.07, 6.45) is -0.946. The molecule has 0 saturated carbocycles. The minimum atomic E-state index is -0.681. The van der Waals surface area contributed by atoms with Gasteiger partial charge in [0.25, 0.3) is 0 Å². The Hall–Kier alpha value is -0.690. The molecule has 0 spiro atoms. The summed E-state index contributed by atoms with van der Waals surface area (Å²) in [5.74, 6) is -0.448. The average molecular weight is 203 g/mol. The van der Waals surface area contributed by atoms with E-state index in [0.29, 0.717) is 6.42 Å². The Morgan fingerprint density at radius 3 is 3.00 bits per heavy atom. The summed E-state index contributed by atoms with van der Waals surface area (Å²) < 4.78 is 4.55. The van der Waals surface area contributed by atoms with Crippen LogP contribution in [0, 0.1) is 0 Å². The highest BCUT2D eigenvalue weighted by Crippen LogP contribution is 2.39. The van der Waals surface area contributed by atoms with Crippen molar-refractivity contribution in [2.24, 2.45) is 0 Å². The van der Waals surface area contributed by atoms with E-state index in [2.05, 4.69) is 4.74 Å². The van der Waals surface area contributed by atoms with Crippen LogP contribution in [0.1, 0.15) is 13.3 Å². The normalized spacial score (nSPS) is 42.5. The summed E-state index contributed by atoms with van der Waals surface area (Å²) in [6.45, 7) is 1.98. The highest BCUT2D eigenvalue weighted by molar-refractivity contribution is 5.75. The molecule has 6 nitrogen and oxygen atoms in total. The van der Waals surface area contributed by atoms with Crippen molar-refractivity contribution in [1.82, 2.24) is 5.23 Å². The number of aliphatic hydroxyl groups excluding tert-OH is 1. The van der Waals surface area contributed by atoms with E-state index in [1.807, 2.05) is 0 Å². The zero-order valence-corrected chi connectivity index (χ0v) is 8.10. The Balaban J connectivity index is 2.10. The molecule has 6 heteroatoms. The summed E-state index contributed by atoms with van der Waals surface area (Å²) in [5.41, 5.74) is -0.640. The van der Waals surface area contributed by atoms with E-state index in [1.54, 1.807) is 6.92 Å². The second-order valence-corrected chi connectivity index (χ2v) is 3.75. The third-order valence-electron chi connectivity index (χ3n) is 2.77. The maximum absolute atomic E-state index is 11.2. The standard InChI is InChI=1S/C8H13NO5/c1-8-3-5(7(11)12-2)14-9(8)13-4-6(8)10/h5-6,10H,3-4H2,1-2H3/t5-,6+,8-/m1/s1. The quantitative estimate of drug-likeness (QED) is 0.564. The van der Waals surface area contributed by atoms with Gasteiger partial charge in [0.2, 0.25) is 0 Å². The largest absolute Gasteiger partial charge is 0.467 e. The van der Waals surface area contributed by atoms with Crippen molar-refractivity contribution in [3.05, 3.63) is 0 Å². The molecule has 2 heterocycles. The SMILES string of the molecule is COC(=O)[C@H]1C[C@]2(C)[C@@H](O)CON2O1. The highest BCUT2D eigenvalue weighted by Gasteiger charge is 2.56. The lowest BCUT2D eigenvalue weighted by Gasteiger charge is -2.23. The molecule has 2 aliphatic heterocycles. The van der Waals surface area contributed by atoms with Crippen molar-refractivity contribution in [3.63, 3.8) is 0 Å². The van der Waals surface area contributed by atoms with Gasteiger partial charge in [-0.25, -0.2) is 4.79 Å². The molecule has 0 unspecified atom stereocenters. The van der Waals surface area contributed by atoms with E-state index < -0.39 is 23.7 Å². The number of hydrogen-bond donors (Lipinski definition) is 1. The highest BCUT2D eigenvalue weighted by atomic mass is 17.0. The van der Waals surface area contributed by atoms with Crippen molar-refractivity contribution in [2.45, 2.75) is 31.1 Å². The number of carbonyl (C=O) groups is 1. The molecule has 1 N–H and O–H groups in total. The fourth-order valence-corrected chi connectivity index (χ4v) is 1.73. The first-order valence-electron chi connectivity index (χ1n) is 4.44. The third-order valence-corrected chi connectivity index (χ3v) is 2.77. The van der Waals surface area contributed by atoms with Gasteiger partial charge in [0.1, 0.15) is 11.6 Å². The van der Waals surface area contributed by atoms with Crippen LogP contribution in [0.25, 0.3) is 0 Å². The number of hydrogen-bond acceptors (Lipinski definition) is 6. The molecule has 0 aromatic heterocycles. The number of aliphatic hydroxyl groups is 1. The van der Waals surface area contributed by atoms with Gasteiger partial charge >= 0.3 is 5.97 Å². The molecule has 14 heavy (non-hydrogen) atoms. The van der Waals surface area contributed by atoms with Crippen molar-refractivity contribution in [2.75, 3.05) is 13.7 Å². The summed E-state index contributed by atoms with van der Waals surface area (Å²) in [7, 11) is 1.30. The number of esters is 1. The molecule has 0 aliphatic carbocycles. The molecule has 0 radical (unpaired) electrons. The van der Waals surface area contributed by atoms with E-state index in [4.69, 9.17) is 9.68 Å². The summed E-state index contributed by atoms with van der Waals surface area (Å²) in [6, 6.07) is 0. The second-order valence-electron chi connectivity index (χ2n) is 3.75. The summed E-state index contributed by atoms with van der Waals surface area (Å²) >= 11 is 0. The van der Waals surface area contributed by atoms with Crippen molar-refractivity contribution in [3.8, 4) is 0 Å². The van der Waals surface area contributed by atoms with E-state index in [0.717, 1.165) is 0 Å². The fourth-order valence-electron chi connectivity index (χ4n) is 1.73. The van der Waals surface area contributed by atoms with E-state index in [-0.39, 0.29) is 6.61 Å². The van der Waals surface area contributed by atoms with Crippen LogP contribution >= 0.6 is 0 Å². The zero-order valence-electron chi connectivity index (χ0n) is 8.10. The maximum atomic E-state index is 11.2. The molecule has 0 amide bonds. The Bertz CT molecular complexity index is 258. The predicted molar refractivity (Wildman–Crippen MR) is 43.7 cm³/mol. The number of methoxy groups -OCH3 is 1. The smallest absolute Gasteiger partial charge is 0.337 e. The van der Waals surface area contributed by atoms with Gasteiger partial charge < -0.3 is 9.84 Å². The van der Waals surface area contributed by atoms with Crippen LogP contribution in [0.5, 0.6) is 0 Å². The molecular weight excluding hydrogens is 190 g/mol. The number of carbonyl (C=O) groups excluding carboxylic acids is 1. The van der Waals surface area contributed by atoms with E-state index in [9.17, 15) is 9.90 Å². The first-order chi connectivity index (χ1) is 6.58. The lowest BCUT2D eigenvalue weighted by molar-refractivity contribution is -0.354. The molecule has 80 valence electrons. The molecular formula is C8H13NO5. The zero-order chi connectivity index (χ0) is 10.3. The first-order valence-corrected chi connectivity index (χ1v) is 4.44. The van der Waals surface area contributed by atoms with Crippen LogP contribution in [0.15, 0.2) is 0 Å². The van der Waals surface area contributed by atoms with Crippen molar-refractivity contribution >= 4 is 5.97 Å². The van der Waals surface area contributed by atoms with Crippen LogP contribution in [0.3, 0.4) is 0 Å². The van der Waals surface area contributed by atoms with Crippen LogP contribution < -0.4 is 0 Å². The number of ether oxygens (including phenoxy) is 1. The Morgan fingerprint density at radius 2 is 2.43 bits per heavy atom. The Morgan fingerprint density at radius 1 is 1.71 bits per heavy atom. The monoisotopic (exact) mass is 203 g/mol. The van der Waals surface area contributed by atoms with Gasteiger partial charge in [-0.2, -0.15) is 0 Å². The maximum Gasteiger partial charge on any atom is 0.337 e. The van der Waals surface area contributed by atoms with Gasteiger partial charge in [-0.05, 0) is 6.92 Å². The van der Waals surface area contributed by atoms with Crippen LogP contribution in [-0.2, 0) is 19.2 Å². The van der Waals surface area contributed by atoms with Gasteiger partial charge in [0.15, 0.2) is 6.10 Å². The summed E-state index contributed by atoms with van der Waals surface area (Å²) in [5, 5.41) is 10.8. The molecule has 0 aromatic carbocycles. The average Bonchev–Trinajstić information content (AvgIpc) is 2.63. The molecule has 0 aromatic rings. The van der Waals surface area contributed by atoms with Gasteiger partial charge in [-0.15, -0.1) is 0 Å². The number of fused-ring (bicyclic) bond motifs is 1. The Labute approximate surface area is 81.2 Å². The fraction of sp³-hybridized carbons (Fsp3) is 0.875. The predicted octanol–water partition coefficient (Wildman–Crippen LogP) is -0.770. The lowest BCUT2D eigenvalue weighted by atomic mass is 9.91.